The van der Waals surface area contributed by atoms with Crippen molar-refractivity contribution in [1.29, 1.82) is 0 Å². The molecule has 0 aliphatic rings. The number of ether oxygens (including phenoxy) is 1. The first kappa shape index (κ1) is 14.8. The van der Waals surface area contributed by atoms with Crippen LogP contribution in [0.2, 0.25) is 0 Å². The summed E-state index contributed by atoms with van der Waals surface area (Å²) in [4.78, 5) is 0. The fourth-order valence-corrected chi connectivity index (χ4v) is 2.38. The maximum atomic E-state index is 5.21. The number of nitrogens with one attached hydrogen (secondary N) is 1. The number of rotatable bonds is 7. The Labute approximate surface area is 121 Å². The van der Waals surface area contributed by atoms with Gasteiger partial charge in [0.1, 0.15) is 0 Å². The molecule has 0 aliphatic carbocycles. The number of hydrogen-bond donors (Lipinski definition) is 1. The van der Waals surface area contributed by atoms with Gasteiger partial charge in [-0.05, 0) is 17.0 Å². The highest BCUT2D eigenvalue weighted by Crippen LogP contribution is 2.21. The molecule has 0 heterocycles. The van der Waals surface area contributed by atoms with Crippen molar-refractivity contribution in [2.75, 3.05) is 20.3 Å². The molecule has 2 heteroatoms. The summed E-state index contributed by atoms with van der Waals surface area (Å²) in [6, 6.07) is 21.4. The Morgan fingerprint density at radius 1 is 0.900 bits per heavy atom. The standard InChI is InChI=1S/C18H23NO/c1-15(14-20-2)13-19-18(16-9-5-3-6-10-16)17-11-7-4-8-12-17/h3-12,15,18-19H,13-14H2,1-2H3. The van der Waals surface area contributed by atoms with Crippen molar-refractivity contribution in [3.8, 4) is 0 Å². The van der Waals surface area contributed by atoms with Gasteiger partial charge in [0.25, 0.3) is 0 Å². The molecule has 0 amide bonds. The van der Waals surface area contributed by atoms with Crippen LogP contribution >= 0.6 is 0 Å². The summed E-state index contributed by atoms with van der Waals surface area (Å²) < 4.78 is 5.21. The fourth-order valence-electron chi connectivity index (χ4n) is 2.38. The Morgan fingerprint density at radius 2 is 1.40 bits per heavy atom. The third kappa shape index (κ3) is 4.19. The molecule has 0 aliphatic heterocycles. The van der Waals surface area contributed by atoms with Gasteiger partial charge < -0.3 is 10.1 Å². The molecule has 2 rings (SSSR count). The first-order valence-electron chi connectivity index (χ1n) is 7.13. The molecule has 0 aromatic heterocycles. The Morgan fingerprint density at radius 3 is 1.85 bits per heavy atom. The van der Waals surface area contributed by atoms with E-state index < -0.39 is 0 Å². The first-order valence-corrected chi connectivity index (χ1v) is 7.13. The molecule has 106 valence electrons. The summed E-state index contributed by atoms with van der Waals surface area (Å²) in [5.74, 6) is 0.495. The van der Waals surface area contributed by atoms with Crippen molar-refractivity contribution in [1.82, 2.24) is 5.32 Å². The molecular weight excluding hydrogens is 246 g/mol. The average Bonchev–Trinajstić information content (AvgIpc) is 2.50. The predicted molar refractivity (Wildman–Crippen MR) is 83.8 cm³/mol. The van der Waals surface area contributed by atoms with Crippen LogP contribution < -0.4 is 5.32 Å². The van der Waals surface area contributed by atoms with Gasteiger partial charge >= 0.3 is 0 Å². The molecule has 0 fully saturated rings. The molecule has 0 spiro atoms. The summed E-state index contributed by atoms with van der Waals surface area (Å²) >= 11 is 0. The molecule has 20 heavy (non-hydrogen) atoms. The van der Waals surface area contributed by atoms with Gasteiger partial charge in [0.05, 0.1) is 6.04 Å². The molecule has 0 bridgehead atoms. The lowest BCUT2D eigenvalue weighted by Gasteiger charge is -2.22. The summed E-state index contributed by atoms with van der Waals surface area (Å²) in [7, 11) is 1.75. The Hall–Kier alpha value is -1.64. The molecule has 0 saturated heterocycles. The van der Waals surface area contributed by atoms with Gasteiger partial charge in [0.2, 0.25) is 0 Å². The Kier molecular flexibility index (Phi) is 5.78. The van der Waals surface area contributed by atoms with Gasteiger partial charge in [-0.25, -0.2) is 0 Å². The highest BCUT2D eigenvalue weighted by molar-refractivity contribution is 5.31. The number of hydrogen-bond acceptors (Lipinski definition) is 2. The van der Waals surface area contributed by atoms with Gasteiger partial charge in [-0.1, -0.05) is 67.6 Å². The highest BCUT2D eigenvalue weighted by Gasteiger charge is 2.14. The minimum Gasteiger partial charge on any atom is -0.384 e. The van der Waals surface area contributed by atoms with Crippen molar-refractivity contribution < 1.29 is 4.74 Å². The quantitative estimate of drug-likeness (QED) is 0.828. The third-order valence-electron chi connectivity index (χ3n) is 3.39. The van der Waals surface area contributed by atoms with Crippen LogP contribution in [0.25, 0.3) is 0 Å². The Bertz CT molecular complexity index is 444. The van der Waals surface area contributed by atoms with Crippen molar-refractivity contribution >= 4 is 0 Å². The summed E-state index contributed by atoms with van der Waals surface area (Å²) in [6.45, 7) is 3.91. The van der Waals surface area contributed by atoms with Gasteiger partial charge in [-0.2, -0.15) is 0 Å². The molecule has 0 saturated carbocycles. The summed E-state index contributed by atoms with van der Waals surface area (Å²) in [5.41, 5.74) is 2.59. The molecule has 2 aromatic rings. The van der Waals surface area contributed by atoms with Crippen molar-refractivity contribution in [3.05, 3.63) is 71.8 Å². The molecule has 1 N–H and O–H groups in total. The minimum absolute atomic E-state index is 0.233. The molecule has 2 nitrogen and oxygen atoms in total. The molecular formula is C18H23NO. The Balaban J connectivity index is 2.13. The van der Waals surface area contributed by atoms with Crippen LogP contribution in [0.3, 0.4) is 0 Å². The fraction of sp³-hybridized carbons (Fsp3) is 0.333. The van der Waals surface area contributed by atoms with Crippen molar-refractivity contribution in [2.24, 2.45) is 5.92 Å². The second-order valence-electron chi connectivity index (χ2n) is 5.22. The maximum absolute atomic E-state index is 5.21. The van der Waals surface area contributed by atoms with E-state index in [1.54, 1.807) is 7.11 Å². The average molecular weight is 269 g/mol. The van der Waals surface area contributed by atoms with Crippen LogP contribution in [-0.2, 0) is 4.74 Å². The number of benzene rings is 2. The van der Waals surface area contributed by atoms with E-state index in [0.29, 0.717) is 5.92 Å². The van der Waals surface area contributed by atoms with E-state index in [9.17, 15) is 0 Å². The molecule has 0 radical (unpaired) electrons. The monoisotopic (exact) mass is 269 g/mol. The van der Waals surface area contributed by atoms with Gasteiger partial charge in [0.15, 0.2) is 0 Å². The van der Waals surface area contributed by atoms with E-state index in [2.05, 4.69) is 72.9 Å². The van der Waals surface area contributed by atoms with Crippen molar-refractivity contribution in [2.45, 2.75) is 13.0 Å². The summed E-state index contributed by atoms with van der Waals surface area (Å²) in [5, 5.41) is 3.66. The molecule has 2 aromatic carbocycles. The van der Waals surface area contributed by atoms with Crippen LogP contribution in [0.1, 0.15) is 24.1 Å². The second kappa shape index (κ2) is 7.83. The zero-order valence-corrected chi connectivity index (χ0v) is 12.3. The van der Waals surface area contributed by atoms with Crippen LogP contribution in [0, 0.1) is 5.92 Å². The van der Waals surface area contributed by atoms with Crippen LogP contribution in [-0.4, -0.2) is 20.3 Å². The van der Waals surface area contributed by atoms with Crippen LogP contribution in [0.4, 0.5) is 0 Å². The van der Waals surface area contributed by atoms with Crippen LogP contribution in [0.5, 0.6) is 0 Å². The highest BCUT2D eigenvalue weighted by atomic mass is 16.5. The van der Waals surface area contributed by atoms with Gasteiger partial charge in [-0.3, -0.25) is 0 Å². The SMILES string of the molecule is COCC(C)CNC(c1ccccc1)c1ccccc1. The number of methoxy groups -OCH3 is 1. The zero-order chi connectivity index (χ0) is 14.2. The van der Waals surface area contributed by atoms with Crippen molar-refractivity contribution in [3.63, 3.8) is 0 Å². The molecule has 1 unspecified atom stereocenters. The van der Waals surface area contributed by atoms with E-state index in [1.165, 1.54) is 11.1 Å². The topological polar surface area (TPSA) is 21.3 Å². The largest absolute Gasteiger partial charge is 0.384 e. The van der Waals surface area contributed by atoms with E-state index >= 15 is 0 Å². The normalized spacial score (nSPS) is 12.6. The van der Waals surface area contributed by atoms with Gasteiger partial charge in [0, 0.05) is 20.3 Å². The van der Waals surface area contributed by atoms with E-state index in [1.807, 2.05) is 0 Å². The van der Waals surface area contributed by atoms with Gasteiger partial charge in [-0.15, -0.1) is 0 Å². The van der Waals surface area contributed by atoms with E-state index in [4.69, 9.17) is 4.74 Å². The molecule has 1 atom stereocenters. The van der Waals surface area contributed by atoms with E-state index in [-0.39, 0.29) is 6.04 Å². The second-order valence-corrected chi connectivity index (χ2v) is 5.22. The maximum Gasteiger partial charge on any atom is 0.0576 e. The van der Waals surface area contributed by atoms with Crippen LogP contribution in [0.15, 0.2) is 60.7 Å². The lowest BCUT2D eigenvalue weighted by atomic mass is 9.98. The van der Waals surface area contributed by atoms with E-state index in [0.717, 1.165) is 13.2 Å². The summed E-state index contributed by atoms with van der Waals surface area (Å²) in [6.07, 6.45) is 0. The first-order chi connectivity index (χ1) is 9.81. The minimum atomic E-state index is 0.233. The predicted octanol–water partition coefficient (Wildman–Crippen LogP) is 3.65. The third-order valence-corrected chi connectivity index (χ3v) is 3.39. The zero-order valence-electron chi connectivity index (χ0n) is 12.3. The lowest BCUT2D eigenvalue weighted by molar-refractivity contribution is 0.157. The lowest BCUT2D eigenvalue weighted by Crippen LogP contribution is -2.28. The smallest absolute Gasteiger partial charge is 0.0576 e.